The Morgan fingerprint density at radius 2 is 2.20 bits per heavy atom. The lowest BCUT2D eigenvalue weighted by Crippen LogP contribution is -2.48. The van der Waals surface area contributed by atoms with Crippen molar-refractivity contribution in [3.05, 3.63) is 11.9 Å². The zero-order valence-electron chi connectivity index (χ0n) is 10.1. The van der Waals surface area contributed by atoms with Crippen LogP contribution in [-0.4, -0.2) is 38.5 Å². The summed E-state index contributed by atoms with van der Waals surface area (Å²) in [4.78, 5) is 2.30. The second-order valence-electron chi connectivity index (χ2n) is 4.41. The molecule has 2 N–H and O–H groups in total. The molecule has 0 amide bonds. The number of hydrogen-bond acceptors (Lipinski definition) is 4. The molecule has 0 atom stereocenters. The maximum absolute atomic E-state index is 5.76. The lowest BCUT2D eigenvalue weighted by atomic mass is 10.0. The van der Waals surface area contributed by atoms with Crippen molar-refractivity contribution in [2.45, 2.75) is 32.9 Å². The topological polar surface area (TPSA) is 60.0 Å². The Morgan fingerprint density at radius 1 is 1.53 bits per heavy atom. The minimum absolute atomic E-state index is 0.00622. The van der Waals surface area contributed by atoms with Gasteiger partial charge in [0, 0.05) is 31.9 Å². The van der Waals surface area contributed by atoms with Crippen LogP contribution in [0.4, 0.5) is 0 Å². The second kappa shape index (κ2) is 4.72. The first-order valence-electron chi connectivity index (χ1n) is 5.30. The first kappa shape index (κ1) is 12.1. The predicted octanol–water partition coefficient (Wildman–Crippen LogP) is 0.374. The van der Waals surface area contributed by atoms with Gasteiger partial charge in [0.2, 0.25) is 0 Å². The third kappa shape index (κ3) is 3.00. The highest BCUT2D eigenvalue weighted by atomic mass is 15.4. The smallest absolute Gasteiger partial charge is 0.0967 e. The Morgan fingerprint density at radius 3 is 2.60 bits per heavy atom. The third-order valence-electron chi connectivity index (χ3n) is 2.74. The quantitative estimate of drug-likeness (QED) is 0.764. The van der Waals surface area contributed by atoms with Crippen LogP contribution in [0.2, 0.25) is 0 Å². The van der Waals surface area contributed by atoms with Gasteiger partial charge in [-0.25, -0.2) is 0 Å². The van der Waals surface area contributed by atoms with Crippen LogP contribution in [-0.2, 0) is 13.6 Å². The van der Waals surface area contributed by atoms with E-state index in [1.807, 2.05) is 13.2 Å². The van der Waals surface area contributed by atoms with Gasteiger partial charge in [-0.05, 0) is 20.4 Å². The predicted molar refractivity (Wildman–Crippen MR) is 60.2 cm³/mol. The SMILES string of the molecule is CCN(Cc1cn(C)nn1)C(C)(C)CN. The molecule has 0 radical (unpaired) electrons. The highest BCUT2D eigenvalue weighted by Gasteiger charge is 2.24. The fourth-order valence-corrected chi connectivity index (χ4v) is 1.55. The first-order chi connectivity index (χ1) is 6.99. The van der Waals surface area contributed by atoms with E-state index < -0.39 is 0 Å². The summed E-state index contributed by atoms with van der Waals surface area (Å²) in [5.41, 5.74) is 6.75. The van der Waals surface area contributed by atoms with E-state index in [1.165, 1.54) is 0 Å². The highest BCUT2D eigenvalue weighted by molar-refractivity contribution is 4.94. The van der Waals surface area contributed by atoms with E-state index in [9.17, 15) is 0 Å². The van der Waals surface area contributed by atoms with Crippen LogP contribution < -0.4 is 5.73 Å². The molecule has 0 aliphatic heterocycles. The van der Waals surface area contributed by atoms with Gasteiger partial charge in [-0.1, -0.05) is 12.1 Å². The zero-order chi connectivity index (χ0) is 11.5. The van der Waals surface area contributed by atoms with E-state index in [-0.39, 0.29) is 5.54 Å². The van der Waals surface area contributed by atoms with E-state index in [0.29, 0.717) is 6.54 Å². The Hall–Kier alpha value is -0.940. The van der Waals surface area contributed by atoms with Crippen molar-refractivity contribution in [1.82, 2.24) is 19.9 Å². The van der Waals surface area contributed by atoms with Crippen molar-refractivity contribution in [3.8, 4) is 0 Å². The molecule has 0 bridgehead atoms. The second-order valence-corrected chi connectivity index (χ2v) is 4.41. The standard InChI is InChI=1S/C10H21N5/c1-5-15(10(2,3)8-11)7-9-6-14(4)13-12-9/h6H,5,7-8,11H2,1-4H3. The maximum Gasteiger partial charge on any atom is 0.0967 e. The number of rotatable bonds is 5. The summed E-state index contributed by atoms with van der Waals surface area (Å²) in [6.45, 7) is 8.82. The first-order valence-corrected chi connectivity index (χ1v) is 5.30. The molecule has 1 rings (SSSR count). The average molecular weight is 211 g/mol. The number of hydrogen-bond donors (Lipinski definition) is 1. The van der Waals surface area contributed by atoms with Crippen molar-refractivity contribution in [2.75, 3.05) is 13.1 Å². The zero-order valence-corrected chi connectivity index (χ0v) is 10.1. The fourth-order valence-electron chi connectivity index (χ4n) is 1.55. The van der Waals surface area contributed by atoms with Crippen LogP contribution >= 0.6 is 0 Å². The lowest BCUT2D eigenvalue weighted by molar-refractivity contribution is 0.124. The molecule has 0 saturated carbocycles. The van der Waals surface area contributed by atoms with Crippen LogP contribution in [0.3, 0.4) is 0 Å². The molecule has 0 spiro atoms. The Kier molecular flexibility index (Phi) is 3.82. The van der Waals surface area contributed by atoms with Gasteiger partial charge in [0.1, 0.15) is 0 Å². The molecule has 0 fully saturated rings. The molecule has 0 aliphatic rings. The van der Waals surface area contributed by atoms with Crippen LogP contribution in [0.1, 0.15) is 26.5 Å². The van der Waals surface area contributed by atoms with Crippen molar-refractivity contribution < 1.29 is 0 Å². The normalized spacial score (nSPS) is 12.4. The molecular weight excluding hydrogens is 190 g/mol. The molecule has 0 aromatic carbocycles. The van der Waals surface area contributed by atoms with Gasteiger partial charge < -0.3 is 5.73 Å². The molecule has 1 aromatic heterocycles. The van der Waals surface area contributed by atoms with Crippen LogP contribution in [0.25, 0.3) is 0 Å². The van der Waals surface area contributed by atoms with Crippen molar-refractivity contribution >= 4 is 0 Å². The summed E-state index contributed by atoms with van der Waals surface area (Å²) in [6, 6.07) is 0. The summed E-state index contributed by atoms with van der Waals surface area (Å²) in [6.07, 6.45) is 1.94. The van der Waals surface area contributed by atoms with E-state index >= 15 is 0 Å². The number of likely N-dealkylation sites (N-methyl/N-ethyl adjacent to an activating group) is 1. The summed E-state index contributed by atoms with van der Waals surface area (Å²) in [7, 11) is 1.88. The summed E-state index contributed by atoms with van der Waals surface area (Å²) >= 11 is 0. The van der Waals surface area contributed by atoms with E-state index in [0.717, 1.165) is 18.8 Å². The molecular formula is C10H21N5. The van der Waals surface area contributed by atoms with Crippen LogP contribution in [0, 0.1) is 0 Å². The van der Waals surface area contributed by atoms with Gasteiger partial charge in [0.15, 0.2) is 0 Å². The molecule has 0 saturated heterocycles. The van der Waals surface area contributed by atoms with Gasteiger partial charge >= 0.3 is 0 Å². The largest absolute Gasteiger partial charge is 0.329 e. The number of nitrogens with two attached hydrogens (primary N) is 1. The minimum Gasteiger partial charge on any atom is -0.329 e. The minimum atomic E-state index is 0.00622. The monoisotopic (exact) mass is 211 g/mol. The van der Waals surface area contributed by atoms with Crippen LogP contribution in [0.15, 0.2) is 6.20 Å². The number of nitrogens with zero attached hydrogens (tertiary/aromatic N) is 4. The molecule has 15 heavy (non-hydrogen) atoms. The highest BCUT2D eigenvalue weighted by Crippen LogP contribution is 2.14. The molecule has 1 heterocycles. The van der Waals surface area contributed by atoms with Gasteiger partial charge in [0.25, 0.3) is 0 Å². The van der Waals surface area contributed by atoms with Gasteiger partial charge in [-0.2, -0.15) is 0 Å². The summed E-state index contributed by atoms with van der Waals surface area (Å²) in [5, 5.41) is 8.00. The fraction of sp³-hybridized carbons (Fsp3) is 0.800. The van der Waals surface area contributed by atoms with Gasteiger partial charge in [0.05, 0.1) is 5.69 Å². The van der Waals surface area contributed by atoms with Crippen LogP contribution in [0.5, 0.6) is 0 Å². The summed E-state index contributed by atoms with van der Waals surface area (Å²) < 4.78 is 1.72. The average Bonchev–Trinajstić information content (AvgIpc) is 2.60. The molecule has 0 unspecified atom stereocenters. The maximum atomic E-state index is 5.76. The number of aryl methyl sites for hydroxylation is 1. The van der Waals surface area contributed by atoms with Gasteiger partial charge in [-0.3, -0.25) is 9.58 Å². The van der Waals surface area contributed by atoms with Crippen molar-refractivity contribution in [1.29, 1.82) is 0 Å². The summed E-state index contributed by atoms with van der Waals surface area (Å²) in [5.74, 6) is 0. The molecule has 86 valence electrons. The Balaban J connectivity index is 2.69. The lowest BCUT2D eigenvalue weighted by Gasteiger charge is -2.36. The van der Waals surface area contributed by atoms with E-state index in [1.54, 1.807) is 4.68 Å². The molecule has 5 nitrogen and oxygen atoms in total. The molecule has 0 aliphatic carbocycles. The third-order valence-corrected chi connectivity index (χ3v) is 2.74. The molecule has 1 aromatic rings. The van der Waals surface area contributed by atoms with E-state index in [4.69, 9.17) is 5.73 Å². The van der Waals surface area contributed by atoms with E-state index in [2.05, 4.69) is 36.0 Å². The van der Waals surface area contributed by atoms with Crippen molar-refractivity contribution in [2.24, 2.45) is 12.8 Å². The van der Waals surface area contributed by atoms with Gasteiger partial charge in [-0.15, -0.1) is 5.10 Å². The number of aromatic nitrogens is 3. The Labute approximate surface area is 91.2 Å². The molecule has 5 heteroatoms. The van der Waals surface area contributed by atoms with Crippen molar-refractivity contribution in [3.63, 3.8) is 0 Å². The Bertz CT molecular complexity index is 305.